The van der Waals surface area contributed by atoms with E-state index in [1.54, 1.807) is 0 Å². The second-order valence-corrected chi connectivity index (χ2v) is 2.70. The average Bonchev–Trinajstić information content (AvgIpc) is 2.00. The third kappa shape index (κ3) is 4.11. The first-order valence-electron chi connectivity index (χ1n) is 4.02. The maximum Gasteiger partial charge on any atom is 0.137 e. The van der Waals surface area contributed by atoms with Gasteiger partial charge in [-0.3, -0.25) is 4.90 Å². The summed E-state index contributed by atoms with van der Waals surface area (Å²) in [5.74, 6) is 0. The van der Waals surface area contributed by atoms with Gasteiger partial charge in [0.05, 0.1) is 12.6 Å². The standard InChI is InChI=1S/C8H17NO2/c1-3-4-8(7-11)9(2)5-6-10/h7-8,10H,3-6H2,1-2H3. The van der Waals surface area contributed by atoms with E-state index in [0.29, 0.717) is 6.54 Å². The monoisotopic (exact) mass is 159 g/mol. The van der Waals surface area contributed by atoms with E-state index in [-0.39, 0.29) is 12.6 Å². The van der Waals surface area contributed by atoms with Crippen LogP contribution in [0.5, 0.6) is 0 Å². The van der Waals surface area contributed by atoms with Gasteiger partial charge >= 0.3 is 0 Å². The Bertz CT molecular complexity index is 106. The summed E-state index contributed by atoms with van der Waals surface area (Å²) < 4.78 is 0. The van der Waals surface area contributed by atoms with E-state index < -0.39 is 0 Å². The summed E-state index contributed by atoms with van der Waals surface area (Å²) in [6.07, 6.45) is 2.82. The highest BCUT2D eigenvalue weighted by Gasteiger charge is 2.10. The van der Waals surface area contributed by atoms with Gasteiger partial charge in [0.1, 0.15) is 6.29 Å². The molecule has 0 bridgehead atoms. The second kappa shape index (κ2) is 6.31. The minimum atomic E-state index is -0.0212. The summed E-state index contributed by atoms with van der Waals surface area (Å²) in [4.78, 5) is 12.4. The molecule has 1 atom stereocenters. The highest BCUT2D eigenvalue weighted by Crippen LogP contribution is 2.00. The van der Waals surface area contributed by atoms with Gasteiger partial charge in [-0.05, 0) is 13.5 Å². The zero-order valence-corrected chi connectivity index (χ0v) is 7.29. The van der Waals surface area contributed by atoms with Gasteiger partial charge in [0.25, 0.3) is 0 Å². The fourth-order valence-corrected chi connectivity index (χ4v) is 1.01. The van der Waals surface area contributed by atoms with Crippen LogP contribution in [0.3, 0.4) is 0 Å². The van der Waals surface area contributed by atoms with Crippen molar-refractivity contribution in [3.8, 4) is 0 Å². The minimum absolute atomic E-state index is 0.0212. The Morgan fingerprint density at radius 3 is 2.64 bits per heavy atom. The van der Waals surface area contributed by atoms with E-state index in [1.807, 2.05) is 18.9 Å². The number of hydrogen-bond acceptors (Lipinski definition) is 3. The molecular weight excluding hydrogens is 142 g/mol. The highest BCUT2D eigenvalue weighted by molar-refractivity contribution is 5.57. The van der Waals surface area contributed by atoms with E-state index >= 15 is 0 Å². The van der Waals surface area contributed by atoms with E-state index in [4.69, 9.17) is 5.11 Å². The largest absolute Gasteiger partial charge is 0.395 e. The topological polar surface area (TPSA) is 40.5 Å². The third-order valence-corrected chi connectivity index (χ3v) is 1.76. The fraction of sp³-hybridized carbons (Fsp3) is 0.875. The molecule has 3 nitrogen and oxygen atoms in total. The molecule has 1 unspecified atom stereocenters. The number of aliphatic hydroxyl groups is 1. The quantitative estimate of drug-likeness (QED) is 0.566. The van der Waals surface area contributed by atoms with Crippen molar-refractivity contribution in [1.82, 2.24) is 4.90 Å². The first kappa shape index (κ1) is 10.6. The molecule has 1 N–H and O–H groups in total. The molecule has 11 heavy (non-hydrogen) atoms. The summed E-state index contributed by atoms with van der Waals surface area (Å²) in [5, 5.41) is 8.59. The van der Waals surface area contributed by atoms with E-state index in [1.165, 1.54) is 0 Å². The van der Waals surface area contributed by atoms with Gasteiger partial charge in [-0.2, -0.15) is 0 Å². The predicted octanol–water partition coefficient (Wildman–Crippen LogP) is 0.278. The first-order chi connectivity index (χ1) is 5.26. The van der Waals surface area contributed by atoms with Crippen molar-refractivity contribution in [2.24, 2.45) is 0 Å². The molecule has 0 saturated carbocycles. The molecule has 0 aromatic rings. The average molecular weight is 159 g/mol. The van der Waals surface area contributed by atoms with Crippen LogP contribution >= 0.6 is 0 Å². The smallest absolute Gasteiger partial charge is 0.137 e. The van der Waals surface area contributed by atoms with Crippen molar-refractivity contribution in [2.75, 3.05) is 20.2 Å². The molecular formula is C8H17NO2. The number of carbonyl (C=O) groups excluding carboxylic acids is 1. The maximum absolute atomic E-state index is 10.5. The van der Waals surface area contributed by atoms with Crippen LogP contribution in [0.2, 0.25) is 0 Å². The Kier molecular flexibility index (Phi) is 6.07. The van der Waals surface area contributed by atoms with Crippen molar-refractivity contribution < 1.29 is 9.90 Å². The van der Waals surface area contributed by atoms with Gasteiger partial charge in [-0.15, -0.1) is 0 Å². The minimum Gasteiger partial charge on any atom is -0.395 e. The fourth-order valence-electron chi connectivity index (χ4n) is 1.01. The summed E-state index contributed by atoms with van der Waals surface area (Å²) in [7, 11) is 1.85. The number of hydrogen-bond donors (Lipinski definition) is 1. The Hall–Kier alpha value is -0.410. The van der Waals surface area contributed by atoms with Gasteiger partial charge in [0.15, 0.2) is 0 Å². The molecule has 0 heterocycles. The third-order valence-electron chi connectivity index (χ3n) is 1.76. The number of likely N-dealkylation sites (N-methyl/N-ethyl adjacent to an activating group) is 1. The normalized spacial score (nSPS) is 13.5. The zero-order chi connectivity index (χ0) is 8.69. The molecule has 66 valence electrons. The molecule has 0 fully saturated rings. The van der Waals surface area contributed by atoms with Gasteiger partial charge in [0.2, 0.25) is 0 Å². The van der Waals surface area contributed by atoms with E-state index in [9.17, 15) is 4.79 Å². The van der Waals surface area contributed by atoms with Crippen LogP contribution in [-0.2, 0) is 4.79 Å². The van der Waals surface area contributed by atoms with Crippen molar-refractivity contribution in [3.63, 3.8) is 0 Å². The lowest BCUT2D eigenvalue weighted by molar-refractivity contribution is -0.112. The molecule has 0 aromatic heterocycles. The molecule has 0 radical (unpaired) electrons. The molecule has 0 amide bonds. The van der Waals surface area contributed by atoms with Crippen molar-refractivity contribution >= 4 is 6.29 Å². The summed E-state index contributed by atoms with van der Waals surface area (Å²) in [6.45, 7) is 2.73. The number of aldehydes is 1. The van der Waals surface area contributed by atoms with Crippen LogP contribution in [0, 0.1) is 0 Å². The summed E-state index contributed by atoms with van der Waals surface area (Å²) >= 11 is 0. The number of nitrogens with zero attached hydrogens (tertiary/aromatic N) is 1. The summed E-state index contributed by atoms with van der Waals surface area (Å²) in [5.41, 5.74) is 0. The molecule has 0 rings (SSSR count). The van der Waals surface area contributed by atoms with Crippen LogP contribution in [0.25, 0.3) is 0 Å². The number of rotatable bonds is 6. The molecule has 0 aliphatic heterocycles. The lowest BCUT2D eigenvalue weighted by Crippen LogP contribution is -2.34. The van der Waals surface area contributed by atoms with Crippen molar-refractivity contribution in [3.05, 3.63) is 0 Å². The SMILES string of the molecule is CCCC(C=O)N(C)CCO. The molecule has 0 aromatic carbocycles. The Labute approximate surface area is 68.0 Å². The number of aliphatic hydroxyl groups excluding tert-OH is 1. The Morgan fingerprint density at radius 1 is 1.64 bits per heavy atom. The molecule has 3 heteroatoms. The number of carbonyl (C=O) groups is 1. The van der Waals surface area contributed by atoms with Crippen LogP contribution in [-0.4, -0.2) is 42.5 Å². The van der Waals surface area contributed by atoms with Crippen molar-refractivity contribution in [1.29, 1.82) is 0 Å². The summed E-state index contributed by atoms with van der Waals surface area (Å²) in [6, 6.07) is -0.0212. The molecule has 0 aliphatic carbocycles. The van der Waals surface area contributed by atoms with Crippen molar-refractivity contribution in [2.45, 2.75) is 25.8 Å². The van der Waals surface area contributed by atoms with E-state index in [2.05, 4.69) is 0 Å². The predicted molar refractivity (Wildman–Crippen MR) is 44.5 cm³/mol. The van der Waals surface area contributed by atoms with Gasteiger partial charge < -0.3 is 9.90 Å². The lowest BCUT2D eigenvalue weighted by atomic mass is 10.2. The van der Waals surface area contributed by atoms with Crippen LogP contribution in [0.4, 0.5) is 0 Å². The Morgan fingerprint density at radius 2 is 2.27 bits per heavy atom. The van der Waals surface area contributed by atoms with Gasteiger partial charge in [0, 0.05) is 6.54 Å². The lowest BCUT2D eigenvalue weighted by Gasteiger charge is -2.21. The van der Waals surface area contributed by atoms with Gasteiger partial charge in [-0.1, -0.05) is 13.3 Å². The molecule has 0 saturated heterocycles. The molecule has 0 aliphatic rings. The maximum atomic E-state index is 10.5. The van der Waals surface area contributed by atoms with Crippen LogP contribution < -0.4 is 0 Å². The first-order valence-corrected chi connectivity index (χ1v) is 4.02. The zero-order valence-electron chi connectivity index (χ0n) is 7.29. The molecule has 0 spiro atoms. The Balaban J connectivity index is 3.70. The van der Waals surface area contributed by atoms with Crippen LogP contribution in [0.1, 0.15) is 19.8 Å². The van der Waals surface area contributed by atoms with Crippen LogP contribution in [0.15, 0.2) is 0 Å². The highest BCUT2D eigenvalue weighted by atomic mass is 16.3. The van der Waals surface area contributed by atoms with Gasteiger partial charge in [-0.25, -0.2) is 0 Å². The second-order valence-electron chi connectivity index (χ2n) is 2.70. The van der Waals surface area contributed by atoms with E-state index in [0.717, 1.165) is 19.1 Å².